The molecule has 0 radical (unpaired) electrons. The molecule has 124 valence electrons. The molecule has 5 nitrogen and oxygen atoms in total. The molecule has 1 heterocycles. The maximum atomic E-state index is 14.0. The number of carbonyl (C=O) groups excluding carboxylic acids is 1. The van der Waals surface area contributed by atoms with Gasteiger partial charge in [-0.05, 0) is 38.5 Å². The van der Waals surface area contributed by atoms with Crippen molar-refractivity contribution in [1.82, 2.24) is 4.90 Å². The Balaban J connectivity index is 2.01. The summed E-state index contributed by atoms with van der Waals surface area (Å²) < 4.78 is 19.4. The Kier molecular flexibility index (Phi) is 5.09. The van der Waals surface area contributed by atoms with Crippen molar-refractivity contribution in [3.63, 3.8) is 0 Å². The van der Waals surface area contributed by atoms with Crippen molar-refractivity contribution in [3.8, 4) is 6.07 Å². The summed E-state index contributed by atoms with van der Waals surface area (Å²) in [6.07, 6.45) is -0.0821. The summed E-state index contributed by atoms with van der Waals surface area (Å²) in [6, 6.07) is 6.79. The largest absolute Gasteiger partial charge is 0.444 e. The van der Waals surface area contributed by atoms with Crippen LogP contribution in [0.1, 0.15) is 26.3 Å². The zero-order chi connectivity index (χ0) is 17.0. The number of nitriles is 1. The van der Waals surface area contributed by atoms with Gasteiger partial charge in [0.15, 0.2) is 0 Å². The van der Waals surface area contributed by atoms with Crippen LogP contribution >= 0.6 is 0 Å². The number of ether oxygens (including phenoxy) is 1. The predicted molar refractivity (Wildman–Crippen MR) is 85.7 cm³/mol. The third kappa shape index (κ3) is 4.59. The molecule has 0 N–H and O–H groups in total. The maximum Gasteiger partial charge on any atom is 0.410 e. The van der Waals surface area contributed by atoms with Crippen LogP contribution in [0.15, 0.2) is 18.2 Å². The van der Waals surface area contributed by atoms with Crippen molar-refractivity contribution in [1.29, 1.82) is 5.26 Å². The van der Waals surface area contributed by atoms with E-state index in [1.54, 1.807) is 17.0 Å². The Hall–Kier alpha value is -2.29. The highest BCUT2D eigenvalue weighted by Crippen LogP contribution is 2.23. The van der Waals surface area contributed by atoms with Crippen LogP contribution in [0.5, 0.6) is 0 Å². The van der Waals surface area contributed by atoms with Gasteiger partial charge in [-0.2, -0.15) is 5.26 Å². The molecule has 1 aliphatic rings. The molecule has 0 aliphatic carbocycles. The Morgan fingerprint density at radius 3 is 2.52 bits per heavy atom. The van der Waals surface area contributed by atoms with Gasteiger partial charge >= 0.3 is 6.09 Å². The van der Waals surface area contributed by atoms with Crippen LogP contribution in [-0.2, 0) is 11.2 Å². The fraction of sp³-hybridized carbons (Fsp3) is 0.529. The summed E-state index contributed by atoms with van der Waals surface area (Å²) in [4.78, 5) is 15.6. The van der Waals surface area contributed by atoms with E-state index in [0.29, 0.717) is 31.9 Å². The summed E-state index contributed by atoms with van der Waals surface area (Å²) in [5, 5.41) is 8.76. The standard InChI is InChI=1S/C17H22FN3O2/c1-17(2,3)23-16(22)21-10-8-20(9-11-21)15-12-13(6-7-19)4-5-14(15)18/h4-5,12H,6,8-11H2,1-3H3. The second-order valence-electron chi connectivity index (χ2n) is 6.58. The van der Waals surface area contributed by atoms with Gasteiger partial charge in [-0.15, -0.1) is 0 Å². The minimum Gasteiger partial charge on any atom is -0.444 e. The molecule has 0 saturated carbocycles. The number of carbonyl (C=O) groups is 1. The molecular formula is C17H22FN3O2. The minimum atomic E-state index is -0.522. The highest BCUT2D eigenvalue weighted by molar-refractivity contribution is 5.68. The first kappa shape index (κ1) is 17.1. The molecule has 1 fully saturated rings. The normalized spacial score (nSPS) is 15.3. The summed E-state index contributed by atoms with van der Waals surface area (Å²) in [7, 11) is 0. The fourth-order valence-electron chi connectivity index (χ4n) is 2.46. The number of rotatable bonds is 2. The minimum absolute atomic E-state index is 0.255. The molecule has 0 bridgehead atoms. The molecule has 1 aliphatic heterocycles. The summed E-state index contributed by atoms with van der Waals surface area (Å²) in [5.74, 6) is -0.308. The number of amides is 1. The van der Waals surface area contributed by atoms with Crippen LogP contribution < -0.4 is 4.90 Å². The first-order chi connectivity index (χ1) is 10.8. The molecule has 0 spiro atoms. The van der Waals surface area contributed by atoms with Crippen molar-refractivity contribution in [2.45, 2.75) is 32.8 Å². The molecule has 1 aromatic carbocycles. The average Bonchev–Trinajstić information content (AvgIpc) is 2.48. The number of halogens is 1. The number of anilines is 1. The molecule has 2 rings (SSSR count). The van der Waals surface area contributed by atoms with Gasteiger partial charge in [-0.25, -0.2) is 9.18 Å². The SMILES string of the molecule is CC(C)(C)OC(=O)N1CCN(c2cc(CC#N)ccc2F)CC1. The van der Waals surface area contributed by atoms with E-state index in [2.05, 4.69) is 6.07 Å². The maximum absolute atomic E-state index is 14.0. The van der Waals surface area contributed by atoms with Gasteiger partial charge in [0.05, 0.1) is 18.2 Å². The van der Waals surface area contributed by atoms with Crippen LogP contribution in [0.3, 0.4) is 0 Å². The van der Waals surface area contributed by atoms with E-state index in [1.165, 1.54) is 6.07 Å². The number of nitrogens with zero attached hydrogens (tertiary/aromatic N) is 3. The van der Waals surface area contributed by atoms with E-state index in [4.69, 9.17) is 10.00 Å². The van der Waals surface area contributed by atoms with Crippen molar-refractivity contribution in [2.75, 3.05) is 31.1 Å². The number of hydrogen-bond donors (Lipinski definition) is 0. The molecule has 1 aromatic rings. The lowest BCUT2D eigenvalue weighted by atomic mass is 10.1. The van der Waals surface area contributed by atoms with Crippen molar-refractivity contribution in [3.05, 3.63) is 29.6 Å². The summed E-state index contributed by atoms with van der Waals surface area (Å²) >= 11 is 0. The van der Waals surface area contributed by atoms with Crippen LogP contribution in [0, 0.1) is 17.1 Å². The third-order valence-electron chi connectivity index (χ3n) is 3.57. The lowest BCUT2D eigenvalue weighted by Crippen LogP contribution is -2.50. The number of benzene rings is 1. The Morgan fingerprint density at radius 1 is 1.30 bits per heavy atom. The molecule has 0 aromatic heterocycles. The van der Waals surface area contributed by atoms with Gasteiger partial charge in [0.25, 0.3) is 0 Å². The smallest absolute Gasteiger partial charge is 0.410 e. The predicted octanol–water partition coefficient (Wildman–Crippen LogP) is 2.95. The summed E-state index contributed by atoms with van der Waals surface area (Å²) in [6.45, 7) is 7.53. The van der Waals surface area contributed by atoms with Crippen LogP contribution in [0.4, 0.5) is 14.9 Å². The molecular weight excluding hydrogens is 297 g/mol. The van der Waals surface area contributed by atoms with E-state index < -0.39 is 5.60 Å². The van der Waals surface area contributed by atoms with E-state index >= 15 is 0 Å². The molecule has 1 saturated heterocycles. The van der Waals surface area contributed by atoms with Crippen LogP contribution in [-0.4, -0.2) is 42.8 Å². The first-order valence-electron chi connectivity index (χ1n) is 7.68. The van der Waals surface area contributed by atoms with Crippen molar-refractivity contribution >= 4 is 11.8 Å². The lowest BCUT2D eigenvalue weighted by molar-refractivity contribution is 0.0240. The zero-order valence-electron chi connectivity index (χ0n) is 13.8. The Bertz CT molecular complexity index is 611. The monoisotopic (exact) mass is 319 g/mol. The van der Waals surface area contributed by atoms with Gasteiger partial charge < -0.3 is 14.5 Å². The molecule has 23 heavy (non-hydrogen) atoms. The number of piperazine rings is 1. The molecule has 6 heteroatoms. The van der Waals surface area contributed by atoms with Crippen molar-refractivity contribution in [2.24, 2.45) is 0 Å². The number of hydrogen-bond acceptors (Lipinski definition) is 4. The molecule has 0 atom stereocenters. The fourth-order valence-corrected chi connectivity index (χ4v) is 2.46. The average molecular weight is 319 g/mol. The van der Waals surface area contributed by atoms with Gasteiger partial charge in [-0.1, -0.05) is 6.07 Å². The lowest BCUT2D eigenvalue weighted by Gasteiger charge is -2.37. The first-order valence-corrected chi connectivity index (χ1v) is 7.68. The Morgan fingerprint density at radius 2 is 1.96 bits per heavy atom. The molecule has 1 amide bonds. The van der Waals surface area contributed by atoms with Crippen LogP contribution in [0.25, 0.3) is 0 Å². The van der Waals surface area contributed by atoms with Gasteiger partial charge in [0.1, 0.15) is 11.4 Å². The summed E-state index contributed by atoms with van der Waals surface area (Å²) in [5.41, 5.74) is 0.756. The van der Waals surface area contributed by atoms with Crippen LogP contribution in [0.2, 0.25) is 0 Å². The third-order valence-corrected chi connectivity index (χ3v) is 3.57. The zero-order valence-corrected chi connectivity index (χ0v) is 13.8. The van der Waals surface area contributed by atoms with Crippen molar-refractivity contribution < 1.29 is 13.9 Å². The van der Waals surface area contributed by atoms with E-state index in [0.717, 1.165) is 5.56 Å². The van der Waals surface area contributed by atoms with E-state index in [1.807, 2.05) is 25.7 Å². The highest BCUT2D eigenvalue weighted by Gasteiger charge is 2.26. The second-order valence-corrected chi connectivity index (χ2v) is 6.58. The Labute approximate surface area is 136 Å². The molecule has 0 unspecified atom stereocenters. The van der Waals surface area contributed by atoms with E-state index in [-0.39, 0.29) is 18.3 Å². The second kappa shape index (κ2) is 6.86. The quantitative estimate of drug-likeness (QED) is 0.841. The van der Waals surface area contributed by atoms with Gasteiger partial charge in [0.2, 0.25) is 0 Å². The highest BCUT2D eigenvalue weighted by atomic mass is 19.1. The van der Waals surface area contributed by atoms with Gasteiger partial charge in [0, 0.05) is 26.2 Å². The topological polar surface area (TPSA) is 56.6 Å². The van der Waals surface area contributed by atoms with E-state index in [9.17, 15) is 9.18 Å². The van der Waals surface area contributed by atoms with Gasteiger partial charge in [-0.3, -0.25) is 0 Å².